The van der Waals surface area contributed by atoms with Crippen molar-refractivity contribution in [3.63, 3.8) is 0 Å². The Balaban J connectivity index is 0.000000289. The smallest absolute Gasteiger partial charge is 0.296 e. The van der Waals surface area contributed by atoms with E-state index in [1.165, 1.54) is 12.1 Å². The zero-order chi connectivity index (χ0) is 20.3. The van der Waals surface area contributed by atoms with Crippen molar-refractivity contribution in [2.75, 3.05) is 5.73 Å². The van der Waals surface area contributed by atoms with Gasteiger partial charge in [0.1, 0.15) is 9.79 Å². The Bertz CT molecular complexity index is 1060. The summed E-state index contributed by atoms with van der Waals surface area (Å²) in [5, 5.41) is -0.669. The first-order valence-electron chi connectivity index (χ1n) is 6.21. The molecule has 0 radical (unpaired) electrons. The molecule has 144 valence electrons. The van der Waals surface area contributed by atoms with E-state index in [1.807, 2.05) is 0 Å². The topological polar surface area (TPSA) is 189 Å². The fourth-order valence-corrected chi connectivity index (χ4v) is 3.78. The molecule has 0 aliphatic heterocycles. The van der Waals surface area contributed by atoms with Crippen LogP contribution >= 0.6 is 11.6 Å². The Hall–Kier alpha value is -1.74. The second-order valence-corrected chi connectivity index (χ2v) is 9.11. The van der Waals surface area contributed by atoms with Gasteiger partial charge in [-0.15, -0.1) is 0 Å². The molecule has 14 heteroatoms. The highest BCUT2D eigenvalue weighted by Gasteiger charge is 2.23. The van der Waals surface area contributed by atoms with Crippen molar-refractivity contribution in [1.29, 1.82) is 0 Å². The van der Waals surface area contributed by atoms with E-state index in [0.29, 0.717) is 0 Å². The molecule has 0 aliphatic rings. The first-order chi connectivity index (χ1) is 11.7. The molecule has 10 nitrogen and oxygen atoms in total. The summed E-state index contributed by atoms with van der Waals surface area (Å²) < 4.78 is 89.7. The fourth-order valence-electron chi connectivity index (χ4n) is 1.57. The van der Waals surface area contributed by atoms with Gasteiger partial charge in [0.2, 0.25) is 0 Å². The molecule has 5 N–H and O–H groups in total. The van der Waals surface area contributed by atoms with Gasteiger partial charge in [0, 0.05) is 0 Å². The molecule has 2 aromatic carbocycles. The minimum absolute atomic E-state index is 0.0741. The van der Waals surface area contributed by atoms with Crippen LogP contribution in [0.25, 0.3) is 0 Å². The lowest BCUT2D eigenvalue weighted by Crippen LogP contribution is -2.07. The summed E-state index contributed by atoms with van der Waals surface area (Å²) in [6.07, 6.45) is 0. The molecule has 2 rings (SSSR count). The molecule has 0 saturated carbocycles. The van der Waals surface area contributed by atoms with Gasteiger partial charge < -0.3 is 5.73 Å². The third-order valence-corrected chi connectivity index (χ3v) is 5.90. The maximum Gasteiger partial charge on any atom is 0.296 e. The third kappa shape index (κ3) is 5.91. The molecular formula is C12H12ClNO9S3. The number of hydrogen-bond acceptors (Lipinski definition) is 7. The lowest BCUT2D eigenvalue weighted by Gasteiger charge is -2.07. The monoisotopic (exact) mass is 445 g/mol. The number of rotatable bonds is 3. The maximum atomic E-state index is 10.8. The van der Waals surface area contributed by atoms with Crippen molar-refractivity contribution in [1.82, 2.24) is 0 Å². The van der Waals surface area contributed by atoms with Crippen LogP contribution in [0.2, 0.25) is 5.02 Å². The van der Waals surface area contributed by atoms with Gasteiger partial charge >= 0.3 is 0 Å². The van der Waals surface area contributed by atoms with Crippen LogP contribution < -0.4 is 5.73 Å². The van der Waals surface area contributed by atoms with Crippen LogP contribution in [0, 0.1) is 0 Å². The molecule has 0 bridgehead atoms. The molecule has 26 heavy (non-hydrogen) atoms. The molecule has 0 amide bonds. The van der Waals surface area contributed by atoms with Gasteiger partial charge in [0.05, 0.1) is 15.6 Å². The summed E-state index contributed by atoms with van der Waals surface area (Å²) in [7, 11) is -13.2. The molecule has 0 saturated heterocycles. The van der Waals surface area contributed by atoms with Crippen molar-refractivity contribution in [3.05, 3.63) is 47.5 Å². The molecule has 0 aliphatic carbocycles. The zero-order valence-electron chi connectivity index (χ0n) is 12.5. The summed E-state index contributed by atoms with van der Waals surface area (Å²) in [5.41, 5.74) is 4.57. The van der Waals surface area contributed by atoms with Gasteiger partial charge in [0.25, 0.3) is 30.4 Å². The van der Waals surface area contributed by atoms with E-state index in [0.717, 1.165) is 12.1 Å². The Kier molecular flexibility index (Phi) is 6.75. The lowest BCUT2D eigenvalue weighted by molar-refractivity contribution is 0.479. The average molecular weight is 446 g/mol. The quantitative estimate of drug-likeness (QED) is 0.396. The lowest BCUT2D eigenvalue weighted by atomic mass is 10.3. The highest BCUT2D eigenvalue weighted by Crippen LogP contribution is 2.32. The standard InChI is InChI=1S/C6H6ClNO6S2.C6H6O3S/c7-5-3(15(9,10)11)1-2-4(6(5)8)16(12,13)14;7-10(8,9)6-4-2-1-3-5-6/h1-2H,8H2,(H,9,10,11)(H,12,13,14);1-5H,(H,7,8,9). The summed E-state index contributed by atoms with van der Waals surface area (Å²) >= 11 is 5.45. The van der Waals surface area contributed by atoms with Crippen LogP contribution in [0.5, 0.6) is 0 Å². The second-order valence-electron chi connectivity index (χ2n) is 4.53. The number of benzene rings is 2. The molecule has 0 spiro atoms. The van der Waals surface area contributed by atoms with Crippen molar-refractivity contribution >= 4 is 47.6 Å². The summed E-state index contributed by atoms with van der Waals surface area (Å²) in [6.45, 7) is 0. The molecule has 0 fully saturated rings. The van der Waals surface area contributed by atoms with Gasteiger partial charge in [-0.25, -0.2) is 0 Å². The van der Waals surface area contributed by atoms with Gasteiger partial charge in [-0.2, -0.15) is 25.3 Å². The van der Waals surface area contributed by atoms with Crippen molar-refractivity contribution in [2.24, 2.45) is 0 Å². The highest BCUT2D eigenvalue weighted by molar-refractivity contribution is 7.86. The van der Waals surface area contributed by atoms with Gasteiger partial charge in [-0.1, -0.05) is 29.8 Å². The number of hydrogen-bond donors (Lipinski definition) is 4. The predicted molar refractivity (Wildman–Crippen MR) is 91.8 cm³/mol. The van der Waals surface area contributed by atoms with Gasteiger partial charge in [0.15, 0.2) is 0 Å². The average Bonchev–Trinajstić information content (AvgIpc) is 2.48. The van der Waals surface area contributed by atoms with Crippen molar-refractivity contribution in [2.45, 2.75) is 14.7 Å². The van der Waals surface area contributed by atoms with E-state index in [1.54, 1.807) is 18.2 Å². The summed E-state index contributed by atoms with van der Waals surface area (Å²) in [4.78, 5) is -1.54. The number of nitrogen functional groups attached to an aromatic ring is 1. The van der Waals surface area contributed by atoms with Crippen molar-refractivity contribution in [3.8, 4) is 0 Å². The molecule has 0 aromatic heterocycles. The molecule has 0 atom stereocenters. The van der Waals surface area contributed by atoms with E-state index in [2.05, 4.69) is 0 Å². The largest absolute Gasteiger partial charge is 0.396 e. The Labute approximate surface area is 154 Å². The number of nitrogens with two attached hydrogens (primary N) is 1. The summed E-state index contributed by atoms with van der Waals surface area (Å²) in [6, 6.07) is 8.86. The number of halogens is 1. The third-order valence-electron chi connectivity index (χ3n) is 2.70. The van der Waals surface area contributed by atoms with E-state index >= 15 is 0 Å². The minimum Gasteiger partial charge on any atom is -0.396 e. The predicted octanol–water partition coefficient (Wildman–Crippen LogP) is 1.35. The molecule has 0 unspecified atom stereocenters. The van der Waals surface area contributed by atoms with Crippen LogP contribution in [0.1, 0.15) is 0 Å². The summed E-state index contributed by atoms with van der Waals surface area (Å²) in [5.74, 6) is 0. The van der Waals surface area contributed by atoms with E-state index in [9.17, 15) is 25.3 Å². The minimum atomic E-state index is -4.61. The first kappa shape index (κ1) is 22.3. The Morgan fingerprint density at radius 2 is 1.12 bits per heavy atom. The van der Waals surface area contributed by atoms with E-state index < -0.39 is 50.9 Å². The molecular weight excluding hydrogens is 434 g/mol. The fraction of sp³-hybridized carbons (Fsp3) is 0. The van der Waals surface area contributed by atoms with Crippen LogP contribution in [-0.4, -0.2) is 38.9 Å². The normalized spacial score (nSPS) is 12.2. The molecule has 2 aromatic rings. The Morgan fingerprint density at radius 3 is 1.46 bits per heavy atom. The van der Waals surface area contributed by atoms with Gasteiger partial charge in [-0.05, 0) is 24.3 Å². The first-order valence-corrected chi connectivity index (χ1v) is 10.9. The molecule has 0 heterocycles. The van der Waals surface area contributed by atoms with E-state index in [-0.39, 0.29) is 4.90 Å². The Morgan fingerprint density at radius 1 is 0.692 bits per heavy atom. The van der Waals surface area contributed by atoms with Crippen LogP contribution in [0.3, 0.4) is 0 Å². The van der Waals surface area contributed by atoms with Crippen LogP contribution in [-0.2, 0) is 30.4 Å². The maximum absolute atomic E-state index is 10.8. The van der Waals surface area contributed by atoms with Crippen molar-refractivity contribution < 1.29 is 38.9 Å². The zero-order valence-corrected chi connectivity index (χ0v) is 15.7. The van der Waals surface area contributed by atoms with Crippen LogP contribution in [0.15, 0.2) is 57.2 Å². The van der Waals surface area contributed by atoms with Crippen LogP contribution in [0.4, 0.5) is 5.69 Å². The second kappa shape index (κ2) is 7.87. The SMILES string of the molecule is Nc1c(S(=O)(=O)O)ccc(S(=O)(=O)O)c1Cl.O=S(=O)(O)c1ccccc1. The van der Waals surface area contributed by atoms with Gasteiger partial charge in [-0.3, -0.25) is 13.7 Å². The highest BCUT2D eigenvalue weighted by atomic mass is 35.5. The van der Waals surface area contributed by atoms with E-state index in [4.69, 9.17) is 31.0 Å². The number of anilines is 1.